The molecule has 0 atom stereocenters. The molecule has 0 saturated heterocycles. The molecular formula is C9H11FIN. The highest BCUT2D eigenvalue weighted by atomic mass is 127. The molecule has 0 bridgehead atoms. The van der Waals surface area contributed by atoms with Crippen LogP contribution in [-0.4, -0.2) is 19.0 Å². The van der Waals surface area contributed by atoms with E-state index in [0.29, 0.717) is 0 Å². The first kappa shape index (κ1) is 9.92. The van der Waals surface area contributed by atoms with Crippen molar-refractivity contribution in [3.63, 3.8) is 0 Å². The summed E-state index contributed by atoms with van der Waals surface area (Å²) in [5.74, 6) is -0.130. The summed E-state index contributed by atoms with van der Waals surface area (Å²) in [5, 5.41) is 0. The third kappa shape index (κ3) is 2.42. The Morgan fingerprint density at radius 1 is 1.42 bits per heavy atom. The van der Waals surface area contributed by atoms with Crippen LogP contribution in [0.2, 0.25) is 0 Å². The highest BCUT2D eigenvalue weighted by Gasteiger charge is 2.04. The van der Waals surface area contributed by atoms with E-state index in [1.54, 1.807) is 6.07 Å². The zero-order valence-corrected chi connectivity index (χ0v) is 9.30. The summed E-state index contributed by atoms with van der Waals surface area (Å²) in [6.45, 7) is 0.788. The van der Waals surface area contributed by atoms with E-state index in [9.17, 15) is 4.39 Å². The van der Waals surface area contributed by atoms with Gasteiger partial charge in [-0.15, -0.1) is 0 Å². The summed E-state index contributed by atoms with van der Waals surface area (Å²) in [6.07, 6.45) is 0. The van der Waals surface area contributed by atoms with E-state index in [4.69, 9.17) is 0 Å². The van der Waals surface area contributed by atoms with Gasteiger partial charge in [0.25, 0.3) is 0 Å². The lowest BCUT2D eigenvalue weighted by molar-refractivity contribution is 0.400. The molecule has 1 nitrogen and oxygen atoms in total. The van der Waals surface area contributed by atoms with E-state index in [2.05, 4.69) is 0 Å². The van der Waals surface area contributed by atoms with Gasteiger partial charge in [-0.25, -0.2) is 4.39 Å². The van der Waals surface area contributed by atoms with Crippen molar-refractivity contribution in [2.75, 3.05) is 14.1 Å². The van der Waals surface area contributed by atoms with E-state index < -0.39 is 0 Å². The highest BCUT2D eigenvalue weighted by Crippen LogP contribution is 2.16. The van der Waals surface area contributed by atoms with Crippen LogP contribution in [0.3, 0.4) is 0 Å². The Bertz CT molecular complexity index is 273. The molecule has 0 heterocycles. The highest BCUT2D eigenvalue weighted by molar-refractivity contribution is 14.1. The van der Waals surface area contributed by atoms with Crippen LogP contribution in [0.25, 0.3) is 0 Å². The minimum Gasteiger partial charge on any atom is -0.305 e. The summed E-state index contributed by atoms with van der Waals surface area (Å²) in [4.78, 5) is 2.02. The molecule has 1 aromatic carbocycles. The third-order valence-electron chi connectivity index (χ3n) is 1.52. The number of hydrogen-bond donors (Lipinski definition) is 0. The molecular weight excluding hydrogens is 268 g/mol. The molecule has 3 heteroatoms. The topological polar surface area (TPSA) is 3.24 Å². The normalized spacial score (nSPS) is 10.8. The Hall–Kier alpha value is -0.160. The lowest BCUT2D eigenvalue weighted by atomic mass is 10.2. The van der Waals surface area contributed by atoms with Gasteiger partial charge in [-0.05, 0) is 48.3 Å². The minimum atomic E-state index is -0.130. The maximum Gasteiger partial charge on any atom is 0.136 e. The molecule has 1 aromatic rings. The fourth-order valence-electron chi connectivity index (χ4n) is 1.01. The number of benzene rings is 1. The molecule has 12 heavy (non-hydrogen) atoms. The summed E-state index contributed by atoms with van der Waals surface area (Å²) in [7, 11) is 3.95. The molecule has 0 unspecified atom stereocenters. The van der Waals surface area contributed by atoms with E-state index in [0.717, 1.165) is 15.7 Å². The lowest BCUT2D eigenvalue weighted by Crippen LogP contribution is -2.12. The monoisotopic (exact) mass is 279 g/mol. The molecule has 66 valence electrons. The van der Waals surface area contributed by atoms with Gasteiger partial charge >= 0.3 is 0 Å². The zero-order chi connectivity index (χ0) is 9.14. The molecule has 0 N–H and O–H groups in total. The van der Waals surface area contributed by atoms with Crippen LogP contribution < -0.4 is 0 Å². The molecule has 0 aliphatic rings. The Kier molecular flexibility index (Phi) is 3.46. The summed E-state index contributed by atoms with van der Waals surface area (Å²) < 4.78 is 13.7. The smallest absolute Gasteiger partial charge is 0.136 e. The Morgan fingerprint density at radius 2 is 2.08 bits per heavy atom. The zero-order valence-electron chi connectivity index (χ0n) is 7.14. The SMILES string of the molecule is CN(C)Cc1cccc(F)c1I. The van der Waals surface area contributed by atoms with Crippen LogP contribution in [0.1, 0.15) is 5.56 Å². The van der Waals surface area contributed by atoms with Gasteiger partial charge in [0, 0.05) is 6.54 Å². The molecule has 0 aromatic heterocycles. The summed E-state index contributed by atoms with van der Waals surface area (Å²) >= 11 is 2.04. The van der Waals surface area contributed by atoms with Gasteiger partial charge in [-0.2, -0.15) is 0 Å². The molecule has 0 fully saturated rings. The quantitative estimate of drug-likeness (QED) is 0.752. The van der Waals surface area contributed by atoms with Crippen molar-refractivity contribution in [1.29, 1.82) is 0 Å². The molecule has 0 amide bonds. The standard InChI is InChI=1S/C9H11FIN/c1-12(2)6-7-4-3-5-8(10)9(7)11/h3-5H,6H2,1-2H3. The molecule has 0 saturated carbocycles. The van der Waals surface area contributed by atoms with E-state index in [-0.39, 0.29) is 5.82 Å². The predicted molar refractivity (Wildman–Crippen MR) is 56.5 cm³/mol. The Balaban J connectivity index is 2.92. The van der Waals surface area contributed by atoms with Gasteiger partial charge in [0.1, 0.15) is 5.82 Å². The fourth-order valence-corrected chi connectivity index (χ4v) is 1.54. The van der Waals surface area contributed by atoms with Gasteiger partial charge in [0.2, 0.25) is 0 Å². The average molecular weight is 279 g/mol. The van der Waals surface area contributed by atoms with Crippen LogP contribution in [0.5, 0.6) is 0 Å². The second-order valence-electron chi connectivity index (χ2n) is 2.95. The van der Waals surface area contributed by atoms with Crippen molar-refractivity contribution in [2.45, 2.75) is 6.54 Å². The molecule has 0 aliphatic heterocycles. The first-order valence-corrected chi connectivity index (χ1v) is 4.76. The van der Waals surface area contributed by atoms with Gasteiger partial charge in [0.15, 0.2) is 0 Å². The average Bonchev–Trinajstić information content (AvgIpc) is 1.98. The van der Waals surface area contributed by atoms with Gasteiger partial charge < -0.3 is 4.90 Å². The number of nitrogens with zero attached hydrogens (tertiary/aromatic N) is 1. The van der Waals surface area contributed by atoms with Gasteiger partial charge in [-0.1, -0.05) is 12.1 Å². The largest absolute Gasteiger partial charge is 0.305 e. The summed E-state index contributed by atoms with van der Waals surface area (Å²) in [6, 6.07) is 5.18. The van der Waals surface area contributed by atoms with Crippen molar-refractivity contribution < 1.29 is 4.39 Å². The lowest BCUT2D eigenvalue weighted by Gasteiger charge is -2.11. The van der Waals surface area contributed by atoms with Crippen molar-refractivity contribution in [1.82, 2.24) is 4.90 Å². The van der Waals surface area contributed by atoms with Crippen molar-refractivity contribution in [3.05, 3.63) is 33.1 Å². The van der Waals surface area contributed by atoms with Crippen LogP contribution >= 0.6 is 22.6 Å². The van der Waals surface area contributed by atoms with Crippen molar-refractivity contribution in [3.8, 4) is 0 Å². The third-order valence-corrected chi connectivity index (χ3v) is 2.73. The molecule has 0 radical (unpaired) electrons. The minimum absolute atomic E-state index is 0.130. The maximum atomic E-state index is 13.0. The Morgan fingerprint density at radius 3 is 2.67 bits per heavy atom. The predicted octanol–water partition coefficient (Wildman–Crippen LogP) is 2.49. The van der Waals surface area contributed by atoms with Gasteiger partial charge in [-0.3, -0.25) is 0 Å². The second-order valence-corrected chi connectivity index (χ2v) is 4.03. The van der Waals surface area contributed by atoms with Crippen LogP contribution in [0, 0.1) is 9.39 Å². The van der Waals surface area contributed by atoms with Crippen LogP contribution in [-0.2, 0) is 6.54 Å². The number of rotatable bonds is 2. The molecule has 1 rings (SSSR count). The fraction of sp³-hybridized carbons (Fsp3) is 0.333. The van der Waals surface area contributed by atoms with Crippen LogP contribution in [0.4, 0.5) is 4.39 Å². The van der Waals surface area contributed by atoms with E-state index in [1.807, 2.05) is 47.7 Å². The molecule has 0 spiro atoms. The number of hydrogen-bond acceptors (Lipinski definition) is 1. The van der Waals surface area contributed by atoms with Crippen LogP contribution in [0.15, 0.2) is 18.2 Å². The second kappa shape index (κ2) is 4.18. The van der Waals surface area contributed by atoms with E-state index in [1.165, 1.54) is 6.07 Å². The molecule has 0 aliphatic carbocycles. The first-order valence-electron chi connectivity index (χ1n) is 3.69. The van der Waals surface area contributed by atoms with Crippen molar-refractivity contribution in [2.24, 2.45) is 0 Å². The Labute approximate surface area is 85.7 Å². The van der Waals surface area contributed by atoms with Crippen molar-refractivity contribution >= 4 is 22.6 Å². The number of halogens is 2. The van der Waals surface area contributed by atoms with Gasteiger partial charge in [0.05, 0.1) is 3.57 Å². The summed E-state index contributed by atoms with van der Waals surface area (Å²) in [5.41, 5.74) is 1.04. The maximum absolute atomic E-state index is 13.0. The first-order chi connectivity index (χ1) is 5.61. The van der Waals surface area contributed by atoms with E-state index >= 15 is 0 Å².